The maximum absolute atomic E-state index is 10.8. The number of hydrogen-bond acceptors (Lipinski definition) is 4. The van der Waals surface area contributed by atoms with Crippen molar-refractivity contribution in [2.24, 2.45) is 5.92 Å². The zero-order chi connectivity index (χ0) is 12.8. The molecule has 0 saturated heterocycles. The van der Waals surface area contributed by atoms with Crippen LogP contribution in [0, 0.1) is 12.8 Å². The molecule has 0 bridgehead atoms. The maximum atomic E-state index is 10.8. The Bertz CT molecular complexity index is 365. The number of thiazole rings is 1. The van der Waals surface area contributed by atoms with Crippen LogP contribution in [0.1, 0.15) is 24.4 Å². The van der Waals surface area contributed by atoms with Crippen LogP contribution in [0.15, 0.2) is 5.51 Å². The highest BCUT2D eigenvalue weighted by molar-refractivity contribution is 7.09. The molecule has 17 heavy (non-hydrogen) atoms. The van der Waals surface area contributed by atoms with Crippen molar-refractivity contribution in [2.75, 3.05) is 19.6 Å². The summed E-state index contributed by atoms with van der Waals surface area (Å²) in [6.45, 7) is 8.23. The van der Waals surface area contributed by atoms with Gasteiger partial charge < -0.3 is 10.0 Å². The van der Waals surface area contributed by atoms with Crippen LogP contribution in [-0.2, 0) is 11.2 Å². The monoisotopic (exact) mass is 256 g/mol. The van der Waals surface area contributed by atoms with E-state index in [0.717, 1.165) is 25.2 Å². The van der Waals surface area contributed by atoms with Gasteiger partial charge in [-0.05, 0) is 19.9 Å². The van der Waals surface area contributed by atoms with E-state index in [2.05, 4.69) is 16.8 Å². The first-order chi connectivity index (χ1) is 8.04. The number of carbonyl (C=O) groups is 1. The van der Waals surface area contributed by atoms with Gasteiger partial charge in [-0.1, -0.05) is 13.8 Å². The molecule has 0 aliphatic rings. The zero-order valence-electron chi connectivity index (χ0n) is 10.6. The van der Waals surface area contributed by atoms with Crippen molar-refractivity contribution in [2.45, 2.75) is 27.2 Å². The summed E-state index contributed by atoms with van der Waals surface area (Å²) in [4.78, 5) is 18.5. The van der Waals surface area contributed by atoms with E-state index in [0.29, 0.717) is 6.54 Å². The summed E-state index contributed by atoms with van der Waals surface area (Å²) in [6, 6.07) is 0. The first kappa shape index (κ1) is 14.1. The van der Waals surface area contributed by atoms with E-state index in [1.165, 1.54) is 4.88 Å². The molecular formula is C12H20N2O2S. The molecule has 1 atom stereocenters. The van der Waals surface area contributed by atoms with Crippen LogP contribution < -0.4 is 0 Å². The minimum atomic E-state index is -0.725. The van der Waals surface area contributed by atoms with E-state index < -0.39 is 5.97 Å². The minimum absolute atomic E-state index is 0.308. The molecule has 0 amide bonds. The van der Waals surface area contributed by atoms with Crippen molar-refractivity contribution >= 4 is 17.3 Å². The van der Waals surface area contributed by atoms with Crippen LogP contribution in [0.2, 0.25) is 0 Å². The molecule has 96 valence electrons. The van der Waals surface area contributed by atoms with Gasteiger partial charge in [0.1, 0.15) is 0 Å². The van der Waals surface area contributed by atoms with Gasteiger partial charge in [-0.3, -0.25) is 4.79 Å². The van der Waals surface area contributed by atoms with Gasteiger partial charge in [-0.25, -0.2) is 4.98 Å². The lowest BCUT2D eigenvalue weighted by atomic mass is 10.1. The van der Waals surface area contributed by atoms with Gasteiger partial charge in [0.05, 0.1) is 17.1 Å². The lowest BCUT2D eigenvalue weighted by molar-refractivity contribution is -0.141. The van der Waals surface area contributed by atoms with Gasteiger partial charge in [0.25, 0.3) is 0 Å². The first-order valence-corrected chi connectivity index (χ1v) is 6.76. The largest absolute Gasteiger partial charge is 0.481 e. The quantitative estimate of drug-likeness (QED) is 0.811. The molecule has 1 heterocycles. The van der Waals surface area contributed by atoms with Crippen LogP contribution in [0.5, 0.6) is 0 Å². The standard InChI is InChI=1S/C12H20N2O2S/c1-4-14(7-9(2)12(15)16)6-5-11-10(3)13-8-17-11/h8-9H,4-7H2,1-3H3,(H,15,16). The smallest absolute Gasteiger partial charge is 0.307 e. The Labute approximate surface area is 106 Å². The Hall–Kier alpha value is -0.940. The summed E-state index contributed by atoms with van der Waals surface area (Å²) in [6.07, 6.45) is 0.955. The third-order valence-electron chi connectivity index (χ3n) is 2.90. The SMILES string of the molecule is CCN(CCc1scnc1C)CC(C)C(=O)O. The molecule has 0 radical (unpaired) electrons. The van der Waals surface area contributed by atoms with Crippen LogP contribution in [0.3, 0.4) is 0 Å². The lowest BCUT2D eigenvalue weighted by Crippen LogP contribution is -2.33. The minimum Gasteiger partial charge on any atom is -0.481 e. The summed E-state index contributed by atoms with van der Waals surface area (Å²) in [7, 11) is 0. The normalized spacial score (nSPS) is 12.9. The number of rotatable bonds is 7. The summed E-state index contributed by atoms with van der Waals surface area (Å²) < 4.78 is 0. The second kappa shape index (κ2) is 6.71. The molecule has 0 aromatic carbocycles. The summed E-state index contributed by atoms with van der Waals surface area (Å²) in [5.41, 5.74) is 2.96. The molecule has 1 N–H and O–H groups in total. The predicted molar refractivity (Wildman–Crippen MR) is 69.5 cm³/mol. The number of aryl methyl sites for hydroxylation is 1. The summed E-state index contributed by atoms with van der Waals surface area (Å²) >= 11 is 1.67. The Morgan fingerprint density at radius 3 is 2.82 bits per heavy atom. The summed E-state index contributed by atoms with van der Waals surface area (Å²) in [5.74, 6) is -1.03. The van der Waals surface area contributed by atoms with Crippen LogP contribution in [-0.4, -0.2) is 40.6 Å². The van der Waals surface area contributed by atoms with Crippen LogP contribution >= 0.6 is 11.3 Å². The Morgan fingerprint density at radius 1 is 1.65 bits per heavy atom. The van der Waals surface area contributed by atoms with E-state index in [1.807, 2.05) is 12.4 Å². The number of aromatic nitrogens is 1. The molecule has 0 aliphatic carbocycles. The van der Waals surface area contributed by atoms with Crippen molar-refractivity contribution in [3.63, 3.8) is 0 Å². The molecule has 4 nitrogen and oxygen atoms in total. The van der Waals surface area contributed by atoms with Gasteiger partial charge in [0, 0.05) is 18.0 Å². The van der Waals surface area contributed by atoms with Crippen molar-refractivity contribution in [3.8, 4) is 0 Å². The van der Waals surface area contributed by atoms with Gasteiger partial charge in [-0.2, -0.15) is 0 Å². The van der Waals surface area contributed by atoms with E-state index >= 15 is 0 Å². The van der Waals surface area contributed by atoms with Crippen LogP contribution in [0.25, 0.3) is 0 Å². The molecule has 1 aromatic heterocycles. The molecule has 0 spiro atoms. The Balaban J connectivity index is 2.42. The Morgan fingerprint density at radius 2 is 2.35 bits per heavy atom. The van der Waals surface area contributed by atoms with Crippen molar-refractivity contribution < 1.29 is 9.90 Å². The highest BCUT2D eigenvalue weighted by atomic mass is 32.1. The molecule has 1 aromatic rings. The van der Waals surface area contributed by atoms with Crippen molar-refractivity contribution in [3.05, 3.63) is 16.1 Å². The van der Waals surface area contributed by atoms with Crippen molar-refractivity contribution in [1.29, 1.82) is 0 Å². The summed E-state index contributed by atoms with van der Waals surface area (Å²) in [5, 5.41) is 8.89. The highest BCUT2D eigenvalue weighted by Crippen LogP contribution is 2.13. The lowest BCUT2D eigenvalue weighted by Gasteiger charge is -2.22. The fourth-order valence-electron chi connectivity index (χ4n) is 1.67. The van der Waals surface area contributed by atoms with Gasteiger partial charge in [-0.15, -0.1) is 11.3 Å². The van der Waals surface area contributed by atoms with Crippen molar-refractivity contribution in [1.82, 2.24) is 9.88 Å². The number of aliphatic carboxylic acids is 1. The van der Waals surface area contributed by atoms with Crippen LogP contribution in [0.4, 0.5) is 0 Å². The number of carboxylic acid groups (broad SMARTS) is 1. The molecule has 0 fully saturated rings. The highest BCUT2D eigenvalue weighted by Gasteiger charge is 2.15. The molecule has 5 heteroatoms. The first-order valence-electron chi connectivity index (χ1n) is 5.88. The van der Waals surface area contributed by atoms with E-state index in [-0.39, 0.29) is 5.92 Å². The number of hydrogen-bond donors (Lipinski definition) is 1. The topological polar surface area (TPSA) is 53.4 Å². The van der Waals surface area contributed by atoms with E-state index in [4.69, 9.17) is 5.11 Å². The molecule has 1 rings (SSSR count). The average molecular weight is 256 g/mol. The third-order valence-corrected chi connectivity index (χ3v) is 3.90. The molecule has 0 aliphatic heterocycles. The van der Waals surface area contributed by atoms with Gasteiger partial charge in [0.2, 0.25) is 0 Å². The number of likely N-dealkylation sites (N-methyl/N-ethyl adjacent to an activating group) is 1. The molecule has 0 saturated carbocycles. The van der Waals surface area contributed by atoms with E-state index in [9.17, 15) is 4.79 Å². The van der Waals surface area contributed by atoms with E-state index in [1.54, 1.807) is 18.3 Å². The third kappa shape index (κ3) is 4.44. The zero-order valence-corrected chi connectivity index (χ0v) is 11.5. The molecular weight excluding hydrogens is 236 g/mol. The second-order valence-corrected chi connectivity index (χ2v) is 5.18. The van der Waals surface area contributed by atoms with Gasteiger partial charge in [0.15, 0.2) is 0 Å². The average Bonchev–Trinajstić information content (AvgIpc) is 2.69. The second-order valence-electron chi connectivity index (χ2n) is 4.24. The Kier molecular flexibility index (Phi) is 5.58. The number of nitrogens with zero attached hydrogens (tertiary/aromatic N) is 2. The fourth-order valence-corrected chi connectivity index (χ4v) is 2.44. The van der Waals surface area contributed by atoms with Gasteiger partial charge >= 0.3 is 5.97 Å². The fraction of sp³-hybridized carbons (Fsp3) is 0.667. The predicted octanol–water partition coefficient (Wildman–Crippen LogP) is 2.04. The number of carboxylic acids is 1. The molecule has 1 unspecified atom stereocenters. The maximum Gasteiger partial charge on any atom is 0.307 e.